The summed E-state index contributed by atoms with van der Waals surface area (Å²) in [7, 11) is 0. The van der Waals surface area contributed by atoms with Crippen LogP contribution in [0.25, 0.3) is 0 Å². The second-order valence-electron chi connectivity index (χ2n) is 5.60. The van der Waals surface area contributed by atoms with Gasteiger partial charge >= 0.3 is 0 Å². The Bertz CT molecular complexity index is 399. The minimum atomic E-state index is -0.156. The topological polar surface area (TPSA) is 29.3 Å². The first kappa shape index (κ1) is 12.1. The van der Waals surface area contributed by atoms with E-state index < -0.39 is 0 Å². The molecule has 18 heavy (non-hydrogen) atoms. The molecule has 2 atom stereocenters. The summed E-state index contributed by atoms with van der Waals surface area (Å²) in [6, 6.07) is 8.16. The maximum absolute atomic E-state index is 13.1. The fourth-order valence-corrected chi connectivity index (χ4v) is 3.29. The molecule has 0 amide bonds. The molecular formula is C15H21FN2. The van der Waals surface area contributed by atoms with Crippen LogP contribution in [-0.4, -0.2) is 24.0 Å². The molecule has 1 aromatic carbocycles. The molecule has 98 valence electrons. The van der Waals surface area contributed by atoms with Crippen molar-refractivity contribution in [3.63, 3.8) is 0 Å². The molecule has 2 aliphatic rings. The predicted octanol–water partition coefficient (Wildman–Crippen LogP) is 2.70. The lowest BCUT2D eigenvalue weighted by atomic mass is 9.84. The quantitative estimate of drug-likeness (QED) is 0.891. The van der Waals surface area contributed by atoms with Gasteiger partial charge in [0.2, 0.25) is 0 Å². The third kappa shape index (κ3) is 2.29. The Kier molecular flexibility index (Phi) is 3.35. The van der Waals surface area contributed by atoms with Crippen LogP contribution in [0.5, 0.6) is 0 Å². The summed E-state index contributed by atoms with van der Waals surface area (Å²) in [6.45, 7) is 1.90. The number of benzene rings is 1. The van der Waals surface area contributed by atoms with E-state index in [1.807, 2.05) is 12.1 Å². The number of rotatable bonds is 3. The van der Waals surface area contributed by atoms with Crippen molar-refractivity contribution in [2.75, 3.05) is 13.1 Å². The Morgan fingerprint density at radius 3 is 2.50 bits per heavy atom. The fraction of sp³-hybridized carbons (Fsp3) is 0.600. The van der Waals surface area contributed by atoms with Crippen LogP contribution in [0.3, 0.4) is 0 Å². The van der Waals surface area contributed by atoms with Gasteiger partial charge in [0.15, 0.2) is 0 Å². The molecule has 1 saturated carbocycles. The molecule has 1 heterocycles. The Balaban J connectivity index is 1.89. The van der Waals surface area contributed by atoms with E-state index >= 15 is 0 Å². The lowest BCUT2D eigenvalue weighted by molar-refractivity contribution is 0.0879. The number of halogens is 1. The van der Waals surface area contributed by atoms with Crippen LogP contribution in [0.1, 0.15) is 37.3 Å². The van der Waals surface area contributed by atoms with Gasteiger partial charge in [-0.3, -0.25) is 4.90 Å². The van der Waals surface area contributed by atoms with Crippen LogP contribution >= 0.6 is 0 Å². The largest absolute Gasteiger partial charge is 0.330 e. The highest BCUT2D eigenvalue weighted by Crippen LogP contribution is 2.42. The first-order valence-electron chi connectivity index (χ1n) is 7.01. The van der Waals surface area contributed by atoms with Gasteiger partial charge in [-0.05, 0) is 62.4 Å². The SMILES string of the molecule is NCC1CCCN(C2CC2)C1c1ccc(F)cc1. The molecule has 0 radical (unpaired) electrons. The lowest BCUT2D eigenvalue weighted by Crippen LogP contribution is -2.42. The Morgan fingerprint density at radius 2 is 1.89 bits per heavy atom. The Labute approximate surface area is 108 Å². The summed E-state index contributed by atoms with van der Waals surface area (Å²) in [6.07, 6.45) is 5.07. The van der Waals surface area contributed by atoms with Crippen LogP contribution in [0.4, 0.5) is 4.39 Å². The van der Waals surface area contributed by atoms with E-state index in [1.165, 1.54) is 37.8 Å². The maximum atomic E-state index is 13.1. The van der Waals surface area contributed by atoms with E-state index in [2.05, 4.69) is 4.90 Å². The number of piperidine rings is 1. The van der Waals surface area contributed by atoms with Gasteiger partial charge in [-0.1, -0.05) is 12.1 Å². The van der Waals surface area contributed by atoms with Crippen molar-refractivity contribution in [3.8, 4) is 0 Å². The molecule has 2 nitrogen and oxygen atoms in total. The van der Waals surface area contributed by atoms with Crippen LogP contribution in [-0.2, 0) is 0 Å². The third-order valence-electron chi connectivity index (χ3n) is 4.33. The van der Waals surface area contributed by atoms with Crippen LogP contribution in [0, 0.1) is 11.7 Å². The van der Waals surface area contributed by atoms with Crippen molar-refractivity contribution in [1.29, 1.82) is 0 Å². The van der Waals surface area contributed by atoms with Crippen molar-refractivity contribution >= 4 is 0 Å². The van der Waals surface area contributed by atoms with Gasteiger partial charge in [0.25, 0.3) is 0 Å². The van der Waals surface area contributed by atoms with Crippen LogP contribution in [0.15, 0.2) is 24.3 Å². The van der Waals surface area contributed by atoms with E-state index in [0.29, 0.717) is 12.0 Å². The number of nitrogens with zero attached hydrogens (tertiary/aromatic N) is 1. The molecular weight excluding hydrogens is 227 g/mol. The Morgan fingerprint density at radius 1 is 1.17 bits per heavy atom. The molecule has 2 unspecified atom stereocenters. The number of nitrogens with two attached hydrogens (primary N) is 1. The number of hydrogen-bond acceptors (Lipinski definition) is 2. The van der Waals surface area contributed by atoms with E-state index in [1.54, 1.807) is 12.1 Å². The zero-order valence-corrected chi connectivity index (χ0v) is 10.7. The molecule has 0 aromatic heterocycles. The van der Waals surface area contributed by atoms with Gasteiger partial charge < -0.3 is 5.73 Å². The molecule has 0 bridgehead atoms. The van der Waals surface area contributed by atoms with Crippen molar-refractivity contribution in [2.24, 2.45) is 11.7 Å². The number of likely N-dealkylation sites (tertiary alicyclic amines) is 1. The predicted molar refractivity (Wildman–Crippen MR) is 70.6 cm³/mol. The summed E-state index contributed by atoms with van der Waals surface area (Å²) < 4.78 is 13.1. The fourth-order valence-electron chi connectivity index (χ4n) is 3.29. The van der Waals surface area contributed by atoms with Gasteiger partial charge in [0.05, 0.1) is 0 Å². The lowest BCUT2D eigenvalue weighted by Gasteiger charge is -2.41. The van der Waals surface area contributed by atoms with Gasteiger partial charge in [-0.15, -0.1) is 0 Å². The van der Waals surface area contributed by atoms with E-state index in [-0.39, 0.29) is 5.82 Å². The maximum Gasteiger partial charge on any atom is 0.123 e. The van der Waals surface area contributed by atoms with Crippen molar-refractivity contribution in [3.05, 3.63) is 35.6 Å². The minimum Gasteiger partial charge on any atom is -0.330 e. The molecule has 2 N–H and O–H groups in total. The molecule has 3 heteroatoms. The average Bonchev–Trinajstić information content (AvgIpc) is 3.23. The molecule has 1 aromatic rings. The molecule has 1 aliphatic carbocycles. The van der Waals surface area contributed by atoms with E-state index in [4.69, 9.17) is 5.73 Å². The second kappa shape index (κ2) is 4.98. The monoisotopic (exact) mass is 248 g/mol. The van der Waals surface area contributed by atoms with Crippen LogP contribution in [0.2, 0.25) is 0 Å². The zero-order valence-electron chi connectivity index (χ0n) is 10.7. The summed E-state index contributed by atoms with van der Waals surface area (Å²) in [5, 5.41) is 0. The molecule has 0 spiro atoms. The summed E-state index contributed by atoms with van der Waals surface area (Å²) in [5.41, 5.74) is 7.18. The zero-order chi connectivity index (χ0) is 12.5. The van der Waals surface area contributed by atoms with Crippen molar-refractivity contribution in [2.45, 2.75) is 37.8 Å². The summed E-state index contributed by atoms with van der Waals surface area (Å²) in [4.78, 5) is 2.61. The highest BCUT2D eigenvalue weighted by atomic mass is 19.1. The smallest absolute Gasteiger partial charge is 0.123 e. The normalized spacial score (nSPS) is 29.4. The Hall–Kier alpha value is -0.930. The van der Waals surface area contributed by atoms with E-state index in [0.717, 1.165) is 12.6 Å². The van der Waals surface area contributed by atoms with Crippen molar-refractivity contribution < 1.29 is 4.39 Å². The third-order valence-corrected chi connectivity index (χ3v) is 4.33. The molecule has 1 aliphatic heterocycles. The second-order valence-corrected chi connectivity index (χ2v) is 5.60. The van der Waals surface area contributed by atoms with E-state index in [9.17, 15) is 4.39 Å². The van der Waals surface area contributed by atoms with Gasteiger partial charge in [-0.2, -0.15) is 0 Å². The standard InChI is InChI=1S/C15H21FN2/c16-13-5-3-11(4-6-13)15-12(10-17)2-1-9-18(15)14-7-8-14/h3-6,12,14-15H,1-2,7-10,17H2. The highest BCUT2D eigenvalue weighted by molar-refractivity contribution is 5.22. The molecule has 3 rings (SSSR count). The van der Waals surface area contributed by atoms with Gasteiger partial charge in [0.1, 0.15) is 5.82 Å². The first-order chi connectivity index (χ1) is 8.79. The molecule has 2 fully saturated rings. The minimum absolute atomic E-state index is 0.156. The highest BCUT2D eigenvalue weighted by Gasteiger charge is 2.39. The first-order valence-corrected chi connectivity index (χ1v) is 7.01. The number of hydrogen-bond donors (Lipinski definition) is 1. The summed E-state index contributed by atoms with van der Waals surface area (Å²) in [5.74, 6) is 0.363. The van der Waals surface area contributed by atoms with Crippen molar-refractivity contribution in [1.82, 2.24) is 4.90 Å². The average molecular weight is 248 g/mol. The van der Waals surface area contributed by atoms with Gasteiger partial charge in [0, 0.05) is 12.1 Å². The molecule has 1 saturated heterocycles. The van der Waals surface area contributed by atoms with Gasteiger partial charge in [-0.25, -0.2) is 4.39 Å². The summed E-state index contributed by atoms with van der Waals surface area (Å²) >= 11 is 0. The van der Waals surface area contributed by atoms with Crippen LogP contribution < -0.4 is 5.73 Å².